The molecule has 4 rings (SSSR count). The van der Waals surface area contributed by atoms with Crippen LogP contribution in [0.4, 0.5) is 0 Å². The zero-order valence-electron chi connectivity index (χ0n) is 17.0. The first kappa shape index (κ1) is 21.4. The van der Waals surface area contributed by atoms with Crippen LogP contribution in [0.2, 0.25) is 10.3 Å². The second-order valence-corrected chi connectivity index (χ2v) is 16.4. The summed E-state index contributed by atoms with van der Waals surface area (Å²) in [5.41, 5.74) is 0.787. The summed E-state index contributed by atoms with van der Waals surface area (Å²) in [5.74, 6) is -1.43. The van der Waals surface area contributed by atoms with E-state index in [1.54, 1.807) is 12.1 Å². The third-order valence-electron chi connectivity index (χ3n) is 5.88. The second-order valence-electron chi connectivity index (χ2n) is 7.65. The average molecular weight is 488 g/mol. The van der Waals surface area contributed by atoms with Gasteiger partial charge in [0.1, 0.15) is 0 Å². The van der Waals surface area contributed by atoms with Crippen molar-refractivity contribution in [2.75, 3.05) is 0 Å². The molecular formula is C27H23ClGeO2. The molecular weight excluding hydrogens is 464 g/mol. The van der Waals surface area contributed by atoms with E-state index < -0.39 is 25.2 Å². The Hall–Kier alpha value is -2.82. The standard InChI is InChI=1S/C27H23ClGeO2/c28-22-18-16-21(17-19-22)26(27(30)31)20-29(23-10-4-1-5-11-23,24-12-6-2-7-13-24)25-14-8-3-9-15-25/h1-19,26H,20H2,(H,30,31). The minimum absolute atomic E-state index is 0.564. The van der Waals surface area contributed by atoms with Crippen LogP contribution in [-0.4, -0.2) is 24.3 Å². The first-order valence-electron chi connectivity index (χ1n) is 10.3. The molecule has 4 aromatic rings. The van der Waals surface area contributed by atoms with Crippen LogP contribution in [0.1, 0.15) is 11.5 Å². The van der Waals surface area contributed by atoms with E-state index in [2.05, 4.69) is 72.8 Å². The number of rotatable bonds is 7. The number of hydrogen-bond donors (Lipinski definition) is 1. The summed E-state index contributed by atoms with van der Waals surface area (Å²) >= 11 is 2.71. The van der Waals surface area contributed by atoms with Gasteiger partial charge in [0.15, 0.2) is 0 Å². The summed E-state index contributed by atoms with van der Waals surface area (Å²) in [6.07, 6.45) is 0. The molecule has 0 radical (unpaired) electrons. The number of carboxylic acids is 1. The molecule has 0 aromatic heterocycles. The van der Waals surface area contributed by atoms with Crippen molar-refractivity contribution in [3.05, 3.63) is 126 Å². The zero-order valence-corrected chi connectivity index (χ0v) is 19.8. The number of aliphatic carboxylic acids is 1. The van der Waals surface area contributed by atoms with Crippen LogP contribution < -0.4 is 13.2 Å². The van der Waals surface area contributed by atoms with Crippen molar-refractivity contribution in [1.82, 2.24) is 0 Å². The Bertz CT molecular complexity index is 1030. The van der Waals surface area contributed by atoms with Crippen LogP contribution in [0, 0.1) is 0 Å². The Labute approximate surface area is 190 Å². The van der Waals surface area contributed by atoms with E-state index in [0.29, 0.717) is 10.3 Å². The first-order valence-corrected chi connectivity index (χ1v) is 15.3. The normalized spacial score (nSPS) is 12.3. The molecule has 0 amide bonds. The molecule has 0 aliphatic carbocycles. The van der Waals surface area contributed by atoms with Crippen molar-refractivity contribution in [2.45, 2.75) is 11.2 Å². The van der Waals surface area contributed by atoms with Crippen LogP contribution in [0.15, 0.2) is 115 Å². The van der Waals surface area contributed by atoms with Gasteiger partial charge >= 0.3 is 191 Å². The van der Waals surface area contributed by atoms with Crippen molar-refractivity contribution in [1.29, 1.82) is 0 Å². The van der Waals surface area contributed by atoms with Crippen LogP contribution in [0.5, 0.6) is 0 Å². The summed E-state index contributed by atoms with van der Waals surface area (Å²) in [7, 11) is 0. The van der Waals surface area contributed by atoms with Crippen molar-refractivity contribution < 1.29 is 9.90 Å². The maximum atomic E-state index is 12.6. The van der Waals surface area contributed by atoms with Gasteiger partial charge in [0, 0.05) is 0 Å². The molecule has 0 spiro atoms. The van der Waals surface area contributed by atoms with Gasteiger partial charge in [-0.05, 0) is 0 Å². The van der Waals surface area contributed by atoms with E-state index in [1.165, 1.54) is 13.2 Å². The molecule has 0 aliphatic heterocycles. The number of hydrogen-bond acceptors (Lipinski definition) is 1. The molecule has 0 saturated heterocycles. The molecule has 1 unspecified atom stereocenters. The molecule has 0 bridgehead atoms. The molecule has 31 heavy (non-hydrogen) atoms. The van der Waals surface area contributed by atoms with Gasteiger partial charge in [-0.2, -0.15) is 0 Å². The van der Waals surface area contributed by atoms with E-state index in [9.17, 15) is 9.90 Å². The fourth-order valence-electron chi connectivity index (χ4n) is 4.37. The predicted molar refractivity (Wildman–Crippen MR) is 131 cm³/mol. The second kappa shape index (κ2) is 9.55. The molecule has 0 fully saturated rings. The van der Waals surface area contributed by atoms with Crippen molar-refractivity contribution in [3.63, 3.8) is 0 Å². The monoisotopic (exact) mass is 488 g/mol. The Balaban J connectivity index is 1.97. The minimum atomic E-state index is -3.37. The molecule has 154 valence electrons. The molecule has 1 atom stereocenters. The van der Waals surface area contributed by atoms with E-state index >= 15 is 0 Å². The van der Waals surface area contributed by atoms with Crippen molar-refractivity contribution in [2.24, 2.45) is 0 Å². The molecule has 0 saturated carbocycles. The quantitative estimate of drug-likeness (QED) is 0.385. The van der Waals surface area contributed by atoms with Crippen molar-refractivity contribution in [3.8, 4) is 0 Å². The summed E-state index contributed by atoms with van der Waals surface area (Å²) in [4.78, 5) is 12.6. The van der Waals surface area contributed by atoms with Gasteiger partial charge in [-0.25, -0.2) is 0 Å². The van der Waals surface area contributed by atoms with Gasteiger partial charge < -0.3 is 0 Å². The summed E-state index contributed by atoms with van der Waals surface area (Å²) in [6.45, 7) is 0. The van der Waals surface area contributed by atoms with E-state index in [-0.39, 0.29) is 0 Å². The first-order chi connectivity index (χ1) is 15.1. The molecule has 4 heteroatoms. The fraction of sp³-hybridized carbons (Fsp3) is 0.0741. The third kappa shape index (κ3) is 4.46. The summed E-state index contributed by atoms with van der Waals surface area (Å²) < 4.78 is 3.75. The SMILES string of the molecule is O=C(O)C([CH2][Ge]([c]1ccccc1)([c]1ccccc1)[c]1ccccc1)c1ccc(Cl)cc1. The topological polar surface area (TPSA) is 37.3 Å². The number of carboxylic acid groups (broad SMARTS) is 1. The van der Waals surface area contributed by atoms with Gasteiger partial charge in [-0.3, -0.25) is 0 Å². The number of benzene rings is 4. The predicted octanol–water partition coefficient (Wildman–Crippen LogP) is 4.68. The molecule has 2 nitrogen and oxygen atoms in total. The number of halogens is 1. The van der Waals surface area contributed by atoms with Gasteiger partial charge in [0.2, 0.25) is 0 Å². The van der Waals surface area contributed by atoms with Gasteiger partial charge in [-0.15, -0.1) is 0 Å². The maximum absolute atomic E-state index is 12.6. The third-order valence-corrected chi connectivity index (χ3v) is 16.6. The van der Waals surface area contributed by atoms with Gasteiger partial charge in [0.25, 0.3) is 0 Å². The van der Waals surface area contributed by atoms with Crippen LogP contribution in [-0.2, 0) is 4.79 Å². The molecule has 4 aromatic carbocycles. The zero-order chi connectivity index (χ0) is 21.7. The van der Waals surface area contributed by atoms with E-state index in [0.717, 1.165) is 5.56 Å². The Kier molecular flexibility index (Phi) is 6.59. The van der Waals surface area contributed by atoms with Crippen molar-refractivity contribution >= 4 is 44.0 Å². The van der Waals surface area contributed by atoms with Crippen LogP contribution >= 0.6 is 11.6 Å². The van der Waals surface area contributed by atoms with Crippen LogP contribution in [0.3, 0.4) is 0 Å². The summed E-state index contributed by atoms with van der Waals surface area (Å²) in [5, 5.41) is 11.5. The summed E-state index contributed by atoms with van der Waals surface area (Å²) in [6, 6.07) is 38.6. The Morgan fingerprint density at radius 1 is 0.677 bits per heavy atom. The molecule has 0 aliphatic rings. The van der Waals surface area contributed by atoms with E-state index in [1.807, 2.05) is 30.3 Å². The van der Waals surface area contributed by atoms with Gasteiger partial charge in [-0.1, -0.05) is 0 Å². The van der Waals surface area contributed by atoms with E-state index in [4.69, 9.17) is 11.6 Å². The van der Waals surface area contributed by atoms with Crippen LogP contribution in [0.25, 0.3) is 0 Å². The fourth-order valence-corrected chi connectivity index (χ4v) is 15.0. The average Bonchev–Trinajstić information content (AvgIpc) is 2.82. The Morgan fingerprint density at radius 2 is 1.06 bits per heavy atom. The molecule has 1 N–H and O–H groups in total. The van der Waals surface area contributed by atoms with Gasteiger partial charge in [0.05, 0.1) is 0 Å². The molecule has 0 heterocycles. The number of carbonyl (C=O) groups is 1. The Morgan fingerprint density at radius 3 is 1.42 bits per heavy atom.